The number of likely N-dealkylation sites (N-methyl/N-ethyl adjacent to an activating group) is 1. The van der Waals surface area contributed by atoms with Crippen LogP contribution in [0.2, 0.25) is 0 Å². The SMILES string of the molecule is CN(Cc1nccn1C)C1(CN)CCCc2ccccc21. The van der Waals surface area contributed by atoms with E-state index in [9.17, 15) is 0 Å². The van der Waals surface area contributed by atoms with Crippen molar-refractivity contribution in [3.05, 3.63) is 53.6 Å². The summed E-state index contributed by atoms with van der Waals surface area (Å²) in [5.41, 5.74) is 9.03. The van der Waals surface area contributed by atoms with Gasteiger partial charge in [0.25, 0.3) is 0 Å². The third kappa shape index (κ3) is 2.39. The molecule has 21 heavy (non-hydrogen) atoms. The van der Waals surface area contributed by atoms with E-state index in [2.05, 4.69) is 45.8 Å². The maximum atomic E-state index is 6.25. The van der Waals surface area contributed by atoms with Crippen LogP contribution in [0.5, 0.6) is 0 Å². The summed E-state index contributed by atoms with van der Waals surface area (Å²) >= 11 is 0. The summed E-state index contributed by atoms with van der Waals surface area (Å²) < 4.78 is 2.08. The van der Waals surface area contributed by atoms with Crippen LogP contribution >= 0.6 is 0 Å². The van der Waals surface area contributed by atoms with Crippen molar-refractivity contribution in [3.8, 4) is 0 Å². The van der Waals surface area contributed by atoms with Gasteiger partial charge in [0.05, 0.1) is 12.1 Å². The molecule has 4 nitrogen and oxygen atoms in total. The van der Waals surface area contributed by atoms with Crippen LogP contribution in [0.3, 0.4) is 0 Å². The van der Waals surface area contributed by atoms with Crippen molar-refractivity contribution in [2.75, 3.05) is 13.6 Å². The summed E-state index contributed by atoms with van der Waals surface area (Å²) in [6.45, 7) is 1.46. The van der Waals surface area contributed by atoms with Crippen molar-refractivity contribution in [1.82, 2.24) is 14.5 Å². The summed E-state index contributed by atoms with van der Waals surface area (Å²) in [6.07, 6.45) is 7.31. The first-order chi connectivity index (χ1) is 10.2. The third-order valence-corrected chi connectivity index (χ3v) is 4.92. The molecule has 1 aromatic carbocycles. The van der Waals surface area contributed by atoms with Gasteiger partial charge in [-0.1, -0.05) is 24.3 Å². The number of rotatable bonds is 4. The average molecular weight is 284 g/mol. The molecule has 3 rings (SSSR count). The Kier molecular flexibility index (Phi) is 3.83. The van der Waals surface area contributed by atoms with E-state index in [1.807, 2.05) is 19.4 Å². The Morgan fingerprint density at radius 3 is 2.90 bits per heavy atom. The molecule has 112 valence electrons. The minimum absolute atomic E-state index is 0.0687. The number of imidazole rings is 1. The molecular formula is C17H24N4. The fourth-order valence-electron chi connectivity index (χ4n) is 3.57. The fraction of sp³-hybridized carbons (Fsp3) is 0.471. The number of nitrogens with two attached hydrogens (primary N) is 1. The van der Waals surface area contributed by atoms with Crippen LogP contribution in [0, 0.1) is 0 Å². The number of hydrogen-bond donors (Lipinski definition) is 1. The largest absolute Gasteiger partial charge is 0.337 e. The lowest BCUT2D eigenvalue weighted by Gasteiger charge is -2.45. The molecule has 0 spiro atoms. The molecule has 0 saturated heterocycles. The van der Waals surface area contributed by atoms with Gasteiger partial charge in [0.15, 0.2) is 0 Å². The highest BCUT2D eigenvalue weighted by Crippen LogP contribution is 2.39. The van der Waals surface area contributed by atoms with Gasteiger partial charge in [-0.2, -0.15) is 0 Å². The summed E-state index contributed by atoms with van der Waals surface area (Å²) in [4.78, 5) is 6.83. The predicted molar refractivity (Wildman–Crippen MR) is 84.8 cm³/mol. The maximum Gasteiger partial charge on any atom is 0.122 e. The Hall–Kier alpha value is -1.65. The van der Waals surface area contributed by atoms with Gasteiger partial charge in [0, 0.05) is 26.0 Å². The van der Waals surface area contributed by atoms with E-state index in [1.165, 1.54) is 17.5 Å². The van der Waals surface area contributed by atoms with Gasteiger partial charge in [-0.05, 0) is 37.4 Å². The number of aromatic nitrogens is 2. The van der Waals surface area contributed by atoms with Crippen LogP contribution in [-0.2, 0) is 25.6 Å². The lowest BCUT2D eigenvalue weighted by Crippen LogP contribution is -2.51. The Morgan fingerprint density at radius 2 is 2.19 bits per heavy atom. The Labute approximate surface area is 126 Å². The second-order valence-electron chi connectivity index (χ2n) is 6.06. The first-order valence-electron chi connectivity index (χ1n) is 7.63. The van der Waals surface area contributed by atoms with Gasteiger partial charge >= 0.3 is 0 Å². The Balaban J connectivity index is 1.96. The molecule has 2 N–H and O–H groups in total. The summed E-state index contributed by atoms with van der Waals surface area (Å²) in [6, 6.07) is 8.75. The summed E-state index contributed by atoms with van der Waals surface area (Å²) in [5, 5.41) is 0. The van der Waals surface area contributed by atoms with Crippen LogP contribution < -0.4 is 5.73 Å². The van der Waals surface area contributed by atoms with E-state index in [-0.39, 0.29) is 5.54 Å². The molecule has 2 aromatic rings. The van der Waals surface area contributed by atoms with Gasteiger partial charge in [-0.15, -0.1) is 0 Å². The lowest BCUT2D eigenvalue weighted by molar-refractivity contribution is 0.0922. The minimum Gasteiger partial charge on any atom is -0.337 e. The zero-order valence-corrected chi connectivity index (χ0v) is 12.9. The highest BCUT2D eigenvalue weighted by atomic mass is 15.2. The molecule has 4 heteroatoms. The van der Waals surface area contributed by atoms with E-state index in [1.54, 1.807) is 0 Å². The van der Waals surface area contributed by atoms with Crippen LogP contribution in [0.15, 0.2) is 36.7 Å². The van der Waals surface area contributed by atoms with Crippen LogP contribution in [0.25, 0.3) is 0 Å². The molecule has 0 bridgehead atoms. The molecular weight excluding hydrogens is 260 g/mol. The predicted octanol–water partition coefficient (Wildman–Crippen LogP) is 2.04. The number of fused-ring (bicyclic) bond motifs is 1. The molecule has 1 atom stereocenters. The zero-order chi connectivity index (χ0) is 14.9. The molecule has 0 saturated carbocycles. The topological polar surface area (TPSA) is 47.1 Å². The van der Waals surface area contributed by atoms with Gasteiger partial charge in [0.1, 0.15) is 5.82 Å². The van der Waals surface area contributed by atoms with Gasteiger partial charge in [-0.25, -0.2) is 4.98 Å². The van der Waals surface area contributed by atoms with E-state index in [0.717, 1.165) is 25.2 Å². The second kappa shape index (κ2) is 5.62. The van der Waals surface area contributed by atoms with E-state index < -0.39 is 0 Å². The molecule has 0 fully saturated rings. The van der Waals surface area contributed by atoms with E-state index in [0.29, 0.717) is 6.54 Å². The monoisotopic (exact) mass is 284 g/mol. The zero-order valence-electron chi connectivity index (χ0n) is 12.9. The Morgan fingerprint density at radius 1 is 1.38 bits per heavy atom. The molecule has 1 heterocycles. The highest BCUT2D eigenvalue weighted by molar-refractivity contribution is 5.36. The molecule has 1 aliphatic rings. The number of hydrogen-bond acceptors (Lipinski definition) is 3. The van der Waals surface area contributed by atoms with Crippen molar-refractivity contribution < 1.29 is 0 Å². The van der Waals surface area contributed by atoms with Crippen LogP contribution in [-0.4, -0.2) is 28.0 Å². The average Bonchev–Trinajstić information content (AvgIpc) is 2.91. The summed E-state index contributed by atoms with van der Waals surface area (Å²) in [7, 11) is 4.21. The van der Waals surface area contributed by atoms with Gasteiger partial charge < -0.3 is 10.3 Å². The maximum absolute atomic E-state index is 6.25. The molecule has 1 aliphatic carbocycles. The van der Waals surface area contributed by atoms with Crippen LogP contribution in [0.1, 0.15) is 29.8 Å². The van der Waals surface area contributed by atoms with E-state index in [4.69, 9.17) is 5.73 Å². The summed E-state index contributed by atoms with van der Waals surface area (Å²) in [5.74, 6) is 1.08. The normalized spacial score (nSPS) is 21.5. The van der Waals surface area contributed by atoms with Crippen molar-refractivity contribution in [2.45, 2.75) is 31.3 Å². The highest BCUT2D eigenvalue weighted by Gasteiger charge is 2.39. The first-order valence-corrected chi connectivity index (χ1v) is 7.63. The van der Waals surface area contributed by atoms with Crippen LogP contribution in [0.4, 0.5) is 0 Å². The molecule has 0 amide bonds. The lowest BCUT2D eigenvalue weighted by atomic mass is 9.75. The van der Waals surface area contributed by atoms with Crippen molar-refractivity contribution in [1.29, 1.82) is 0 Å². The number of nitrogens with zero attached hydrogens (tertiary/aromatic N) is 3. The smallest absolute Gasteiger partial charge is 0.122 e. The van der Waals surface area contributed by atoms with Crippen molar-refractivity contribution >= 4 is 0 Å². The quantitative estimate of drug-likeness (QED) is 0.934. The Bertz CT molecular complexity index is 619. The third-order valence-electron chi connectivity index (χ3n) is 4.92. The molecule has 1 aromatic heterocycles. The van der Waals surface area contributed by atoms with Gasteiger partial charge in [-0.3, -0.25) is 4.90 Å². The fourth-order valence-corrected chi connectivity index (χ4v) is 3.57. The number of aryl methyl sites for hydroxylation is 2. The second-order valence-corrected chi connectivity index (χ2v) is 6.06. The first kappa shape index (κ1) is 14.3. The number of benzene rings is 1. The van der Waals surface area contributed by atoms with Crippen molar-refractivity contribution in [2.24, 2.45) is 12.8 Å². The molecule has 1 unspecified atom stereocenters. The van der Waals surface area contributed by atoms with E-state index >= 15 is 0 Å². The standard InChI is InChI=1S/C17H24N4/c1-20-11-10-19-16(20)12-21(2)17(13-18)9-5-7-14-6-3-4-8-15(14)17/h3-4,6,8,10-11H,5,7,9,12-13,18H2,1-2H3. The molecule has 0 aliphatic heterocycles. The molecule has 0 radical (unpaired) electrons. The van der Waals surface area contributed by atoms with Gasteiger partial charge in [0.2, 0.25) is 0 Å². The minimum atomic E-state index is -0.0687. The van der Waals surface area contributed by atoms with Crippen molar-refractivity contribution in [3.63, 3.8) is 0 Å².